The molecule has 0 saturated carbocycles. The summed E-state index contributed by atoms with van der Waals surface area (Å²) >= 11 is 0. The van der Waals surface area contributed by atoms with E-state index in [1.165, 1.54) is 0 Å². The summed E-state index contributed by atoms with van der Waals surface area (Å²) in [6.07, 6.45) is 2.12. The lowest BCUT2D eigenvalue weighted by Gasteiger charge is -2.37. The van der Waals surface area contributed by atoms with Gasteiger partial charge in [0.15, 0.2) is 0 Å². The first-order valence-electron chi connectivity index (χ1n) is 9.83. The molecule has 1 aliphatic heterocycles. The van der Waals surface area contributed by atoms with Crippen LogP contribution in [0.4, 0.5) is 0 Å². The van der Waals surface area contributed by atoms with E-state index in [0.717, 1.165) is 50.1 Å². The average molecular weight is 366 g/mol. The van der Waals surface area contributed by atoms with Gasteiger partial charge in [0.05, 0.1) is 0 Å². The van der Waals surface area contributed by atoms with Crippen molar-refractivity contribution in [1.29, 1.82) is 0 Å². The third-order valence-corrected chi connectivity index (χ3v) is 5.81. The molecule has 1 aliphatic rings. The number of likely N-dealkylation sites (tertiary alicyclic amines) is 1. The fourth-order valence-corrected chi connectivity index (χ4v) is 4.53. The Balaban J connectivity index is 1.93. The predicted octanol–water partition coefficient (Wildman–Crippen LogP) is 2.73. The van der Waals surface area contributed by atoms with Crippen LogP contribution < -0.4 is 5.73 Å². The zero-order chi connectivity index (χ0) is 19.3. The first-order valence-corrected chi connectivity index (χ1v) is 9.83. The number of carbonyl (C=O) groups is 1. The summed E-state index contributed by atoms with van der Waals surface area (Å²) in [5.41, 5.74) is 7.36. The van der Waals surface area contributed by atoms with Crippen molar-refractivity contribution in [2.24, 2.45) is 11.7 Å². The maximum Gasteiger partial charge on any atom is 0.232 e. The van der Waals surface area contributed by atoms with Crippen LogP contribution in [0.15, 0.2) is 60.7 Å². The summed E-state index contributed by atoms with van der Waals surface area (Å²) in [7, 11) is 4.21. The maximum atomic E-state index is 13.0. The zero-order valence-corrected chi connectivity index (χ0v) is 16.5. The highest BCUT2D eigenvalue weighted by Gasteiger charge is 2.49. The van der Waals surface area contributed by atoms with Crippen LogP contribution >= 0.6 is 0 Å². The van der Waals surface area contributed by atoms with Crippen LogP contribution in [0, 0.1) is 5.92 Å². The van der Waals surface area contributed by atoms with Crippen molar-refractivity contribution in [2.75, 3.05) is 40.3 Å². The van der Waals surface area contributed by atoms with Gasteiger partial charge in [-0.25, -0.2) is 0 Å². The first-order chi connectivity index (χ1) is 13.0. The van der Waals surface area contributed by atoms with Crippen LogP contribution in [-0.4, -0.2) is 56.0 Å². The third kappa shape index (κ3) is 4.07. The summed E-state index contributed by atoms with van der Waals surface area (Å²) in [6, 6.07) is 20.2. The number of nitrogens with two attached hydrogens (primary N) is 1. The fraction of sp³-hybridized carbons (Fsp3) is 0.435. The van der Waals surface area contributed by atoms with Crippen LogP contribution in [0.1, 0.15) is 24.0 Å². The molecule has 1 fully saturated rings. The van der Waals surface area contributed by atoms with Crippen molar-refractivity contribution in [3.05, 3.63) is 71.8 Å². The Hall–Kier alpha value is -2.17. The third-order valence-electron chi connectivity index (χ3n) is 5.81. The molecule has 2 N–H and O–H groups in total. The summed E-state index contributed by atoms with van der Waals surface area (Å²) in [6.45, 7) is 4.07. The molecular formula is C23H31N3O. The highest BCUT2D eigenvalue weighted by atomic mass is 16.1. The normalized spacial score (nSPS) is 18.1. The van der Waals surface area contributed by atoms with E-state index in [0.29, 0.717) is 0 Å². The van der Waals surface area contributed by atoms with Gasteiger partial charge in [0.1, 0.15) is 5.41 Å². The monoisotopic (exact) mass is 365 g/mol. The second-order valence-electron chi connectivity index (χ2n) is 7.85. The Morgan fingerprint density at radius 2 is 1.63 bits per heavy atom. The smallest absolute Gasteiger partial charge is 0.232 e. The number of carbonyl (C=O) groups excluding carboxylic acids is 1. The van der Waals surface area contributed by atoms with Crippen LogP contribution in [0.25, 0.3) is 0 Å². The Morgan fingerprint density at radius 3 is 2.11 bits per heavy atom. The van der Waals surface area contributed by atoms with Gasteiger partial charge in [-0.2, -0.15) is 0 Å². The Kier molecular flexibility index (Phi) is 6.30. The number of amides is 1. The summed E-state index contributed by atoms with van der Waals surface area (Å²) < 4.78 is 0. The molecule has 1 saturated heterocycles. The van der Waals surface area contributed by atoms with Crippen molar-refractivity contribution in [3.8, 4) is 0 Å². The van der Waals surface area contributed by atoms with E-state index in [1.807, 2.05) is 60.7 Å². The standard InChI is InChI=1S/C23H31N3O/c1-25(2)15-9-16-26-17-14-21(18-26)23(22(24)27,19-10-5-3-6-11-19)20-12-7-4-8-13-20/h3-8,10-13,21H,9,14-18H2,1-2H3,(H2,24,27). The quantitative estimate of drug-likeness (QED) is 0.783. The Bertz CT molecular complexity index is 690. The Labute approximate surface area is 163 Å². The van der Waals surface area contributed by atoms with Gasteiger partial charge in [-0.1, -0.05) is 60.7 Å². The molecule has 0 bridgehead atoms. The number of hydrogen-bond acceptors (Lipinski definition) is 3. The molecule has 27 heavy (non-hydrogen) atoms. The van der Waals surface area contributed by atoms with Crippen molar-refractivity contribution in [2.45, 2.75) is 18.3 Å². The zero-order valence-electron chi connectivity index (χ0n) is 16.5. The molecule has 4 heteroatoms. The Morgan fingerprint density at radius 1 is 1.07 bits per heavy atom. The minimum Gasteiger partial charge on any atom is -0.369 e. The van der Waals surface area contributed by atoms with Crippen molar-refractivity contribution in [3.63, 3.8) is 0 Å². The molecule has 1 unspecified atom stereocenters. The highest BCUT2D eigenvalue weighted by Crippen LogP contribution is 2.43. The van der Waals surface area contributed by atoms with E-state index in [4.69, 9.17) is 5.73 Å². The van der Waals surface area contributed by atoms with Gasteiger partial charge in [-0.3, -0.25) is 4.79 Å². The molecule has 2 aromatic rings. The average Bonchev–Trinajstić information content (AvgIpc) is 3.12. The minimum atomic E-state index is -0.779. The number of benzene rings is 2. The topological polar surface area (TPSA) is 49.6 Å². The molecule has 1 heterocycles. The van der Waals surface area contributed by atoms with Gasteiger partial charge in [-0.15, -0.1) is 0 Å². The molecule has 3 rings (SSSR count). The second kappa shape index (κ2) is 8.68. The lowest BCUT2D eigenvalue weighted by molar-refractivity contribution is -0.123. The van der Waals surface area contributed by atoms with E-state index in [-0.39, 0.29) is 11.8 Å². The molecule has 0 aliphatic carbocycles. The van der Waals surface area contributed by atoms with Crippen LogP contribution in [-0.2, 0) is 10.2 Å². The number of hydrogen-bond donors (Lipinski definition) is 1. The highest BCUT2D eigenvalue weighted by molar-refractivity contribution is 5.91. The molecule has 0 radical (unpaired) electrons. The molecule has 1 atom stereocenters. The first kappa shape index (κ1) is 19.6. The van der Waals surface area contributed by atoms with Gasteiger partial charge in [0.25, 0.3) is 0 Å². The second-order valence-corrected chi connectivity index (χ2v) is 7.85. The predicted molar refractivity (Wildman–Crippen MR) is 111 cm³/mol. The molecule has 1 amide bonds. The van der Waals surface area contributed by atoms with Gasteiger partial charge in [-0.05, 0) is 63.6 Å². The van der Waals surface area contributed by atoms with Crippen LogP contribution in [0.5, 0.6) is 0 Å². The molecule has 0 spiro atoms. The number of rotatable bonds is 8. The van der Waals surface area contributed by atoms with Crippen LogP contribution in [0.3, 0.4) is 0 Å². The van der Waals surface area contributed by atoms with Gasteiger partial charge in [0, 0.05) is 6.54 Å². The minimum absolute atomic E-state index is 0.180. The fourth-order valence-electron chi connectivity index (χ4n) is 4.53. The summed E-state index contributed by atoms with van der Waals surface area (Å²) in [5.74, 6) is -0.0702. The van der Waals surface area contributed by atoms with Gasteiger partial charge >= 0.3 is 0 Å². The lowest BCUT2D eigenvalue weighted by Crippen LogP contribution is -2.49. The maximum absolute atomic E-state index is 13.0. The van der Waals surface area contributed by atoms with E-state index in [1.54, 1.807) is 0 Å². The van der Waals surface area contributed by atoms with E-state index < -0.39 is 5.41 Å². The van der Waals surface area contributed by atoms with Crippen molar-refractivity contribution in [1.82, 2.24) is 9.80 Å². The molecule has 4 nitrogen and oxygen atoms in total. The lowest BCUT2D eigenvalue weighted by atomic mass is 9.64. The molecular weight excluding hydrogens is 334 g/mol. The van der Waals surface area contributed by atoms with E-state index in [2.05, 4.69) is 23.9 Å². The SMILES string of the molecule is CN(C)CCCN1CCC(C(C(N)=O)(c2ccccc2)c2ccccc2)C1. The summed E-state index contributed by atoms with van der Waals surface area (Å²) in [5, 5.41) is 0. The molecule has 0 aromatic heterocycles. The van der Waals surface area contributed by atoms with Crippen molar-refractivity contribution < 1.29 is 4.79 Å². The van der Waals surface area contributed by atoms with Gasteiger partial charge < -0.3 is 15.5 Å². The van der Waals surface area contributed by atoms with Crippen molar-refractivity contribution >= 4 is 5.91 Å². The number of primary amides is 1. The summed E-state index contributed by atoms with van der Waals surface area (Å²) in [4.78, 5) is 17.7. The van der Waals surface area contributed by atoms with Gasteiger partial charge in [0.2, 0.25) is 5.91 Å². The largest absolute Gasteiger partial charge is 0.369 e. The number of nitrogens with zero attached hydrogens (tertiary/aromatic N) is 2. The van der Waals surface area contributed by atoms with Crippen LogP contribution in [0.2, 0.25) is 0 Å². The van der Waals surface area contributed by atoms with E-state index in [9.17, 15) is 4.79 Å². The molecule has 144 valence electrons. The molecule has 2 aromatic carbocycles. The van der Waals surface area contributed by atoms with E-state index >= 15 is 0 Å².